The summed E-state index contributed by atoms with van der Waals surface area (Å²) in [5, 5.41) is 27.4. The number of aliphatic carboxylic acids is 1. The Bertz CT molecular complexity index is 102. The highest BCUT2D eigenvalue weighted by Gasteiger charge is 2.05. The number of aliphatic hydroxyl groups is 2. The van der Waals surface area contributed by atoms with Gasteiger partial charge >= 0.3 is 5.97 Å². The van der Waals surface area contributed by atoms with Crippen molar-refractivity contribution in [2.45, 2.75) is 6.04 Å². The molecule has 0 rings (SSSR count). The predicted molar refractivity (Wildman–Crippen MR) is 33.6 cm³/mol. The molecule has 0 heterocycles. The van der Waals surface area contributed by atoms with Crippen molar-refractivity contribution in [1.82, 2.24) is 5.32 Å². The van der Waals surface area contributed by atoms with Crippen LogP contribution in [0.5, 0.6) is 0 Å². The number of rotatable bonds is 5. The van der Waals surface area contributed by atoms with E-state index in [9.17, 15) is 4.79 Å². The molecule has 0 fully saturated rings. The molecule has 0 aliphatic carbocycles. The van der Waals surface area contributed by atoms with Crippen LogP contribution in [-0.2, 0) is 4.79 Å². The van der Waals surface area contributed by atoms with Crippen LogP contribution in [0.15, 0.2) is 0 Å². The number of hydrogen-bond acceptors (Lipinski definition) is 4. The number of carbonyl (C=O) groups is 1. The van der Waals surface area contributed by atoms with Crippen LogP contribution in [0.3, 0.4) is 0 Å². The maximum Gasteiger partial charge on any atom is 0.317 e. The van der Waals surface area contributed by atoms with Gasteiger partial charge in [-0.3, -0.25) is 10.1 Å². The Labute approximate surface area is 58.3 Å². The molecule has 0 aliphatic rings. The number of carboxylic acid groups (broad SMARTS) is 1. The van der Waals surface area contributed by atoms with Crippen LogP contribution in [0.2, 0.25) is 0 Å². The van der Waals surface area contributed by atoms with Gasteiger partial charge in [0.25, 0.3) is 0 Å². The summed E-state index contributed by atoms with van der Waals surface area (Å²) >= 11 is 0. The molecule has 0 aromatic carbocycles. The maximum absolute atomic E-state index is 9.91. The van der Waals surface area contributed by atoms with Gasteiger partial charge in [0.1, 0.15) is 0 Å². The zero-order chi connectivity index (χ0) is 7.98. The summed E-state index contributed by atoms with van der Waals surface area (Å²) in [5.74, 6) is -1.01. The zero-order valence-corrected chi connectivity index (χ0v) is 5.45. The van der Waals surface area contributed by atoms with Gasteiger partial charge < -0.3 is 15.3 Å². The highest BCUT2D eigenvalue weighted by molar-refractivity contribution is 5.69. The average Bonchev–Trinajstić information content (AvgIpc) is 1.90. The molecule has 0 bridgehead atoms. The number of carboxylic acids is 1. The summed E-state index contributed by atoms with van der Waals surface area (Å²) in [4.78, 5) is 9.91. The molecule has 0 aromatic rings. The molecule has 60 valence electrons. The Morgan fingerprint density at radius 3 is 2.20 bits per heavy atom. The third-order valence-corrected chi connectivity index (χ3v) is 0.983. The van der Waals surface area contributed by atoms with Crippen molar-refractivity contribution in [2.75, 3.05) is 19.8 Å². The second kappa shape index (κ2) is 5.16. The lowest BCUT2D eigenvalue weighted by Crippen LogP contribution is -2.38. The minimum atomic E-state index is -1.01. The first-order valence-corrected chi connectivity index (χ1v) is 2.87. The number of hydrogen-bond donors (Lipinski definition) is 4. The van der Waals surface area contributed by atoms with E-state index in [0.717, 1.165) is 0 Å². The van der Waals surface area contributed by atoms with Crippen molar-refractivity contribution < 1.29 is 20.1 Å². The van der Waals surface area contributed by atoms with Crippen molar-refractivity contribution in [2.24, 2.45) is 0 Å². The first-order valence-electron chi connectivity index (χ1n) is 2.87. The second-order valence-electron chi connectivity index (χ2n) is 1.84. The Balaban J connectivity index is 3.34. The molecular formula is C5H11NO4. The monoisotopic (exact) mass is 149 g/mol. The fourth-order valence-corrected chi connectivity index (χ4v) is 0.418. The Morgan fingerprint density at radius 1 is 1.40 bits per heavy atom. The van der Waals surface area contributed by atoms with Crippen molar-refractivity contribution in [3.8, 4) is 0 Å². The summed E-state index contributed by atoms with van der Waals surface area (Å²) in [7, 11) is 0. The van der Waals surface area contributed by atoms with Gasteiger partial charge in [-0.05, 0) is 0 Å². The molecule has 0 radical (unpaired) electrons. The predicted octanol–water partition coefficient (Wildman–Crippen LogP) is -1.99. The largest absolute Gasteiger partial charge is 0.480 e. The van der Waals surface area contributed by atoms with Gasteiger partial charge in [-0.15, -0.1) is 0 Å². The lowest BCUT2D eigenvalue weighted by Gasteiger charge is -2.09. The van der Waals surface area contributed by atoms with Gasteiger partial charge in [0.2, 0.25) is 0 Å². The van der Waals surface area contributed by atoms with Crippen LogP contribution >= 0.6 is 0 Å². The highest BCUT2D eigenvalue weighted by Crippen LogP contribution is 1.77. The van der Waals surface area contributed by atoms with E-state index in [4.69, 9.17) is 15.3 Å². The van der Waals surface area contributed by atoms with Gasteiger partial charge in [-0.25, -0.2) is 0 Å². The second-order valence-corrected chi connectivity index (χ2v) is 1.84. The summed E-state index contributed by atoms with van der Waals surface area (Å²) in [5.41, 5.74) is 0. The average molecular weight is 149 g/mol. The van der Waals surface area contributed by atoms with E-state index in [1.807, 2.05) is 0 Å². The van der Waals surface area contributed by atoms with E-state index < -0.39 is 12.0 Å². The molecule has 0 spiro atoms. The van der Waals surface area contributed by atoms with Gasteiger partial charge in [-0.2, -0.15) is 0 Å². The molecule has 0 saturated heterocycles. The smallest absolute Gasteiger partial charge is 0.317 e. The molecular weight excluding hydrogens is 138 g/mol. The number of aliphatic hydroxyl groups excluding tert-OH is 2. The van der Waals surface area contributed by atoms with Crippen LogP contribution in [-0.4, -0.2) is 47.1 Å². The summed E-state index contributed by atoms with van der Waals surface area (Å²) in [6.45, 7) is -0.765. The fourth-order valence-electron chi connectivity index (χ4n) is 0.418. The van der Waals surface area contributed by atoms with Crippen molar-refractivity contribution >= 4 is 5.97 Å². The quantitative estimate of drug-likeness (QED) is 0.363. The van der Waals surface area contributed by atoms with Crippen molar-refractivity contribution in [1.29, 1.82) is 0 Å². The molecule has 0 aliphatic heterocycles. The SMILES string of the molecule is O=C(O)CNC(CO)CO. The van der Waals surface area contributed by atoms with E-state index >= 15 is 0 Å². The van der Waals surface area contributed by atoms with Crippen LogP contribution < -0.4 is 5.32 Å². The first-order chi connectivity index (χ1) is 4.70. The zero-order valence-electron chi connectivity index (χ0n) is 5.45. The summed E-state index contributed by atoms with van der Waals surface area (Å²) in [6.07, 6.45) is 0. The molecule has 0 unspecified atom stereocenters. The lowest BCUT2D eigenvalue weighted by molar-refractivity contribution is -0.136. The van der Waals surface area contributed by atoms with E-state index in [-0.39, 0.29) is 19.8 Å². The fraction of sp³-hybridized carbons (Fsp3) is 0.800. The third kappa shape index (κ3) is 4.25. The number of nitrogens with one attached hydrogen (secondary N) is 1. The van der Waals surface area contributed by atoms with E-state index in [1.54, 1.807) is 0 Å². The van der Waals surface area contributed by atoms with Crippen LogP contribution in [0, 0.1) is 0 Å². The van der Waals surface area contributed by atoms with E-state index in [1.165, 1.54) is 0 Å². The van der Waals surface area contributed by atoms with Crippen LogP contribution in [0.25, 0.3) is 0 Å². The van der Waals surface area contributed by atoms with Crippen LogP contribution in [0.4, 0.5) is 0 Å². The molecule has 5 nitrogen and oxygen atoms in total. The third-order valence-electron chi connectivity index (χ3n) is 0.983. The molecule has 10 heavy (non-hydrogen) atoms. The molecule has 0 saturated carbocycles. The van der Waals surface area contributed by atoms with E-state index in [2.05, 4.69) is 5.32 Å². The molecule has 5 heteroatoms. The minimum absolute atomic E-state index is 0.244. The summed E-state index contributed by atoms with van der Waals surface area (Å²) < 4.78 is 0. The van der Waals surface area contributed by atoms with Crippen molar-refractivity contribution in [3.63, 3.8) is 0 Å². The molecule has 0 amide bonds. The first kappa shape index (κ1) is 9.35. The molecule has 0 aromatic heterocycles. The molecule has 0 atom stereocenters. The minimum Gasteiger partial charge on any atom is -0.480 e. The van der Waals surface area contributed by atoms with Gasteiger partial charge in [0.05, 0.1) is 25.8 Å². The molecule has 4 N–H and O–H groups in total. The summed E-state index contributed by atoms with van der Waals surface area (Å²) in [6, 6.07) is -0.531. The highest BCUT2D eigenvalue weighted by atomic mass is 16.4. The van der Waals surface area contributed by atoms with E-state index in [0.29, 0.717) is 0 Å². The Morgan fingerprint density at radius 2 is 1.90 bits per heavy atom. The van der Waals surface area contributed by atoms with Crippen molar-refractivity contribution in [3.05, 3.63) is 0 Å². The van der Waals surface area contributed by atoms with Gasteiger partial charge in [-0.1, -0.05) is 0 Å². The van der Waals surface area contributed by atoms with Gasteiger partial charge in [0, 0.05) is 0 Å². The topological polar surface area (TPSA) is 89.8 Å². The Hall–Kier alpha value is -0.650. The lowest BCUT2D eigenvalue weighted by atomic mass is 10.3. The standard InChI is InChI=1S/C5H11NO4/c7-2-4(3-8)6-1-5(9)10/h4,6-8H,1-3H2,(H,9,10). The normalized spacial score (nSPS) is 10.3. The van der Waals surface area contributed by atoms with Gasteiger partial charge in [0.15, 0.2) is 0 Å². The Kier molecular flexibility index (Phi) is 4.82. The maximum atomic E-state index is 9.91. The van der Waals surface area contributed by atoms with Crippen LogP contribution in [0.1, 0.15) is 0 Å².